The highest BCUT2D eigenvalue weighted by molar-refractivity contribution is 5.71. The van der Waals surface area contributed by atoms with Crippen molar-refractivity contribution in [2.24, 2.45) is 11.8 Å². The SMILES string of the molecule is C[C@H](C(=O)O)C(c1ccc2c(c1)OC(c1ccc(-c3cc(O)ccc3F)cc1)CC2)C1CC1. The van der Waals surface area contributed by atoms with Crippen molar-refractivity contribution >= 4 is 5.97 Å². The highest BCUT2D eigenvalue weighted by atomic mass is 19.1. The van der Waals surface area contributed by atoms with Crippen molar-refractivity contribution in [3.8, 4) is 22.6 Å². The van der Waals surface area contributed by atoms with Gasteiger partial charge in [-0.2, -0.15) is 0 Å². The average molecular weight is 447 g/mol. The largest absolute Gasteiger partial charge is 0.508 e. The quantitative estimate of drug-likeness (QED) is 0.455. The number of aliphatic carboxylic acids is 1. The number of hydrogen-bond acceptors (Lipinski definition) is 3. The van der Waals surface area contributed by atoms with E-state index >= 15 is 0 Å². The number of hydrogen-bond donors (Lipinski definition) is 2. The number of carboxylic acids is 1. The van der Waals surface area contributed by atoms with Crippen LogP contribution in [-0.4, -0.2) is 16.2 Å². The number of ether oxygens (including phenoxy) is 1. The lowest BCUT2D eigenvalue weighted by molar-refractivity contribution is -0.142. The summed E-state index contributed by atoms with van der Waals surface area (Å²) in [6.45, 7) is 1.80. The maximum absolute atomic E-state index is 14.2. The maximum atomic E-state index is 14.2. The molecule has 1 fully saturated rings. The molecule has 0 amide bonds. The Morgan fingerprint density at radius 1 is 1.03 bits per heavy atom. The molecule has 2 N–H and O–H groups in total. The Labute approximate surface area is 192 Å². The van der Waals surface area contributed by atoms with E-state index in [0.717, 1.165) is 48.1 Å². The number of carboxylic acid groups (broad SMARTS) is 1. The van der Waals surface area contributed by atoms with Crippen molar-refractivity contribution in [3.63, 3.8) is 0 Å². The molecule has 5 rings (SSSR count). The minimum atomic E-state index is -0.758. The van der Waals surface area contributed by atoms with Crippen molar-refractivity contribution in [1.29, 1.82) is 0 Å². The van der Waals surface area contributed by atoms with E-state index in [-0.39, 0.29) is 23.6 Å². The molecular formula is C28H27FO4. The second-order valence-electron chi connectivity index (χ2n) is 9.29. The second kappa shape index (κ2) is 8.54. The van der Waals surface area contributed by atoms with Gasteiger partial charge in [0.1, 0.15) is 23.4 Å². The Hall–Kier alpha value is -3.34. The van der Waals surface area contributed by atoms with Gasteiger partial charge in [0, 0.05) is 5.56 Å². The van der Waals surface area contributed by atoms with Gasteiger partial charge in [0.05, 0.1) is 5.92 Å². The molecule has 1 aliphatic heterocycles. The molecule has 5 heteroatoms. The van der Waals surface area contributed by atoms with Gasteiger partial charge >= 0.3 is 5.97 Å². The molecule has 0 bridgehead atoms. The molecular weight excluding hydrogens is 419 g/mol. The number of aryl methyl sites for hydroxylation is 1. The van der Waals surface area contributed by atoms with Gasteiger partial charge in [0.25, 0.3) is 0 Å². The van der Waals surface area contributed by atoms with E-state index in [1.807, 2.05) is 30.3 Å². The first-order valence-corrected chi connectivity index (χ1v) is 11.5. The molecule has 3 aromatic carbocycles. The van der Waals surface area contributed by atoms with E-state index in [1.165, 1.54) is 18.2 Å². The maximum Gasteiger partial charge on any atom is 0.306 e. The number of carbonyl (C=O) groups is 1. The van der Waals surface area contributed by atoms with Crippen LogP contribution in [0.5, 0.6) is 11.5 Å². The molecule has 2 unspecified atom stereocenters. The van der Waals surface area contributed by atoms with Gasteiger partial charge in [0.15, 0.2) is 0 Å². The van der Waals surface area contributed by atoms with Crippen LogP contribution in [0.15, 0.2) is 60.7 Å². The van der Waals surface area contributed by atoms with Crippen molar-refractivity contribution in [1.82, 2.24) is 0 Å². The molecule has 4 nitrogen and oxygen atoms in total. The van der Waals surface area contributed by atoms with Crippen LogP contribution in [0.2, 0.25) is 0 Å². The predicted octanol–water partition coefficient (Wildman–Crippen LogP) is 6.48. The van der Waals surface area contributed by atoms with Gasteiger partial charge in [-0.25, -0.2) is 4.39 Å². The van der Waals surface area contributed by atoms with Crippen LogP contribution in [-0.2, 0) is 11.2 Å². The first-order chi connectivity index (χ1) is 15.9. The first kappa shape index (κ1) is 21.5. The van der Waals surface area contributed by atoms with E-state index in [4.69, 9.17) is 4.74 Å². The average Bonchev–Trinajstić information content (AvgIpc) is 3.65. The molecule has 0 radical (unpaired) electrons. The molecule has 0 saturated heterocycles. The summed E-state index contributed by atoms with van der Waals surface area (Å²) in [4.78, 5) is 11.7. The molecule has 2 aliphatic rings. The van der Waals surface area contributed by atoms with Crippen LogP contribution < -0.4 is 4.74 Å². The Kier molecular flexibility index (Phi) is 5.57. The molecule has 0 aromatic heterocycles. The van der Waals surface area contributed by atoms with Gasteiger partial charge in [-0.1, -0.05) is 43.3 Å². The van der Waals surface area contributed by atoms with Gasteiger partial charge in [0.2, 0.25) is 0 Å². The standard InChI is InChI=1S/C28H27FO4/c1-16(28(31)32)27(20-7-8-20)21-9-6-19-10-13-25(33-26(19)14-21)18-4-2-17(3-5-18)23-15-22(30)11-12-24(23)29/h2-6,9,11-12,14-16,20,25,27,30H,7-8,10,13H2,1H3,(H,31,32)/t16-,25?,27?/m0/s1. The monoisotopic (exact) mass is 446 g/mol. The minimum absolute atomic E-state index is 0.00763. The molecule has 3 atom stereocenters. The number of aromatic hydroxyl groups is 1. The lowest BCUT2D eigenvalue weighted by Gasteiger charge is -2.29. The van der Waals surface area contributed by atoms with E-state index in [2.05, 4.69) is 12.1 Å². The van der Waals surface area contributed by atoms with Crippen LogP contribution in [0.25, 0.3) is 11.1 Å². The van der Waals surface area contributed by atoms with E-state index < -0.39 is 11.9 Å². The zero-order valence-electron chi connectivity index (χ0n) is 18.5. The summed E-state index contributed by atoms with van der Waals surface area (Å²) in [7, 11) is 0. The van der Waals surface area contributed by atoms with Crippen LogP contribution in [0.1, 0.15) is 54.9 Å². The zero-order valence-corrected chi connectivity index (χ0v) is 18.5. The molecule has 33 heavy (non-hydrogen) atoms. The summed E-state index contributed by atoms with van der Waals surface area (Å²) in [6, 6.07) is 17.8. The van der Waals surface area contributed by atoms with E-state index in [9.17, 15) is 19.4 Å². The number of halogens is 1. The highest BCUT2D eigenvalue weighted by Gasteiger charge is 2.39. The normalized spacial score (nSPS) is 19.3. The summed E-state index contributed by atoms with van der Waals surface area (Å²) >= 11 is 0. The summed E-state index contributed by atoms with van der Waals surface area (Å²) in [5.74, 6) is -0.272. The Morgan fingerprint density at radius 2 is 1.79 bits per heavy atom. The van der Waals surface area contributed by atoms with Gasteiger partial charge in [-0.05, 0) is 84.0 Å². The fourth-order valence-electron chi connectivity index (χ4n) is 5.02. The minimum Gasteiger partial charge on any atom is -0.508 e. The third kappa shape index (κ3) is 4.32. The number of fused-ring (bicyclic) bond motifs is 1. The number of rotatable bonds is 6. The summed E-state index contributed by atoms with van der Waals surface area (Å²) in [6.07, 6.45) is 3.76. The van der Waals surface area contributed by atoms with E-state index in [0.29, 0.717) is 17.0 Å². The number of benzene rings is 3. The Balaban J connectivity index is 1.38. The third-order valence-corrected chi connectivity index (χ3v) is 7.02. The summed E-state index contributed by atoms with van der Waals surface area (Å²) in [5, 5.41) is 19.3. The van der Waals surface area contributed by atoms with Crippen LogP contribution in [0, 0.1) is 17.7 Å². The molecule has 3 aromatic rings. The van der Waals surface area contributed by atoms with Gasteiger partial charge in [-0.15, -0.1) is 0 Å². The van der Waals surface area contributed by atoms with Gasteiger partial charge < -0.3 is 14.9 Å². The smallest absolute Gasteiger partial charge is 0.306 e. The van der Waals surface area contributed by atoms with Crippen LogP contribution in [0.3, 0.4) is 0 Å². The second-order valence-corrected chi connectivity index (χ2v) is 9.29. The molecule has 0 spiro atoms. The fraction of sp³-hybridized carbons (Fsp3) is 0.321. The third-order valence-electron chi connectivity index (χ3n) is 7.02. The summed E-state index contributed by atoms with van der Waals surface area (Å²) < 4.78 is 20.6. The molecule has 1 heterocycles. The first-order valence-electron chi connectivity index (χ1n) is 11.5. The zero-order chi connectivity index (χ0) is 23.1. The topological polar surface area (TPSA) is 66.8 Å². The van der Waals surface area contributed by atoms with E-state index in [1.54, 1.807) is 6.92 Å². The van der Waals surface area contributed by atoms with Crippen LogP contribution in [0.4, 0.5) is 4.39 Å². The Bertz CT molecular complexity index is 1180. The van der Waals surface area contributed by atoms with Crippen molar-refractivity contribution in [2.45, 2.75) is 44.6 Å². The predicted molar refractivity (Wildman–Crippen MR) is 124 cm³/mol. The lowest BCUT2D eigenvalue weighted by atomic mass is 9.82. The molecule has 1 saturated carbocycles. The Morgan fingerprint density at radius 3 is 2.48 bits per heavy atom. The molecule has 1 aliphatic carbocycles. The number of phenols is 1. The van der Waals surface area contributed by atoms with Crippen molar-refractivity contribution in [3.05, 3.63) is 83.2 Å². The van der Waals surface area contributed by atoms with Gasteiger partial charge in [-0.3, -0.25) is 4.79 Å². The summed E-state index contributed by atoms with van der Waals surface area (Å²) in [5.41, 5.74) is 4.25. The van der Waals surface area contributed by atoms with Crippen molar-refractivity contribution in [2.75, 3.05) is 0 Å². The molecule has 170 valence electrons. The van der Waals surface area contributed by atoms with Crippen molar-refractivity contribution < 1.29 is 24.1 Å². The highest BCUT2D eigenvalue weighted by Crippen LogP contribution is 2.48. The lowest BCUT2D eigenvalue weighted by Crippen LogP contribution is -2.21. The van der Waals surface area contributed by atoms with Crippen LogP contribution >= 0.6 is 0 Å². The number of phenolic OH excluding ortho intramolecular Hbond substituents is 1. The fourth-order valence-corrected chi connectivity index (χ4v) is 5.02.